The van der Waals surface area contributed by atoms with E-state index in [4.69, 9.17) is 0 Å². The topological polar surface area (TPSA) is 0 Å². The molecular weight excluding hydrogens is 470 g/mol. The van der Waals surface area contributed by atoms with Crippen molar-refractivity contribution in [2.24, 2.45) is 0 Å². The van der Waals surface area contributed by atoms with E-state index in [0.29, 0.717) is 0 Å². The van der Waals surface area contributed by atoms with Gasteiger partial charge in [-0.25, -0.2) is 0 Å². The first-order chi connectivity index (χ1) is 9.82. The van der Waals surface area contributed by atoms with Crippen molar-refractivity contribution in [2.45, 2.75) is 0 Å². The summed E-state index contributed by atoms with van der Waals surface area (Å²) in [5, 5.41) is 0. The van der Waals surface area contributed by atoms with Crippen LogP contribution in [0.4, 0.5) is 0 Å². The van der Waals surface area contributed by atoms with Gasteiger partial charge >= 0.3 is 135 Å². The van der Waals surface area contributed by atoms with Crippen molar-refractivity contribution in [3.8, 4) is 0 Å². The molecule has 3 aromatic rings. The summed E-state index contributed by atoms with van der Waals surface area (Å²) in [6.07, 6.45) is 0. The second kappa shape index (κ2) is 6.26. The van der Waals surface area contributed by atoms with Crippen molar-refractivity contribution in [1.82, 2.24) is 0 Å². The van der Waals surface area contributed by atoms with Crippen LogP contribution in [0.1, 0.15) is 0 Å². The first-order valence-corrected chi connectivity index (χ1v) is 16.0. The summed E-state index contributed by atoms with van der Waals surface area (Å²) >= 11 is 0.325. The molecule has 0 saturated heterocycles. The molecule has 0 aliphatic heterocycles. The quantitative estimate of drug-likeness (QED) is 0.499. The summed E-state index contributed by atoms with van der Waals surface area (Å²) in [7, 11) is 0. The van der Waals surface area contributed by atoms with E-state index in [0.717, 1.165) is 0 Å². The molecule has 0 spiro atoms. The zero-order valence-corrected chi connectivity index (χ0v) is 15.2. The SMILES string of the molecule is I[I-](c1ccccc1)(c1ccccc1)c1ccccc1. The van der Waals surface area contributed by atoms with Crippen LogP contribution in [0.2, 0.25) is 0 Å². The molecule has 0 bridgehead atoms. The van der Waals surface area contributed by atoms with E-state index in [1.165, 1.54) is 10.7 Å². The fourth-order valence-electron chi connectivity index (χ4n) is 2.14. The molecule has 0 radical (unpaired) electrons. The maximum absolute atomic E-state index is 2.75. The fourth-order valence-corrected chi connectivity index (χ4v) is 14.0. The number of rotatable bonds is 3. The van der Waals surface area contributed by atoms with E-state index < -0.39 is 14.5 Å². The number of halogens is 2. The summed E-state index contributed by atoms with van der Waals surface area (Å²) in [5.74, 6) is 0. The van der Waals surface area contributed by atoms with Gasteiger partial charge in [-0.05, 0) is 0 Å². The van der Waals surface area contributed by atoms with E-state index in [-0.39, 0.29) is 0 Å². The molecule has 0 amide bonds. The molecule has 0 aromatic heterocycles. The zero-order chi connectivity index (χ0) is 13.8. The van der Waals surface area contributed by atoms with Crippen molar-refractivity contribution in [1.29, 1.82) is 0 Å². The average Bonchev–Trinajstić information content (AvgIpc) is 2.56. The zero-order valence-electron chi connectivity index (χ0n) is 10.9. The Morgan fingerprint density at radius 1 is 0.450 bits per heavy atom. The van der Waals surface area contributed by atoms with Crippen molar-refractivity contribution >= 4 is 18.6 Å². The Morgan fingerprint density at radius 3 is 0.950 bits per heavy atom. The first kappa shape index (κ1) is 14.1. The van der Waals surface area contributed by atoms with Crippen LogP contribution in [0.3, 0.4) is 0 Å². The molecule has 0 nitrogen and oxygen atoms in total. The third-order valence-electron chi connectivity index (χ3n) is 3.10. The Hall–Kier alpha value is -0.880. The molecule has 0 saturated carbocycles. The molecule has 0 heterocycles. The number of hydrogen-bond donors (Lipinski definition) is 0. The van der Waals surface area contributed by atoms with Gasteiger partial charge < -0.3 is 0 Å². The van der Waals surface area contributed by atoms with E-state index in [1.54, 1.807) is 0 Å². The predicted molar refractivity (Wildman–Crippen MR) is 89.4 cm³/mol. The molecule has 3 aromatic carbocycles. The number of hydrogen-bond acceptors (Lipinski definition) is 0. The molecule has 0 unspecified atom stereocenters. The van der Waals surface area contributed by atoms with Crippen molar-refractivity contribution in [3.05, 3.63) is 102 Å². The molecule has 2 heteroatoms. The molecule has 0 aliphatic rings. The van der Waals surface area contributed by atoms with Crippen LogP contribution in [-0.2, 0) is 0 Å². The second-order valence-corrected chi connectivity index (χ2v) is 19.2. The van der Waals surface area contributed by atoms with Crippen molar-refractivity contribution in [2.75, 3.05) is 0 Å². The molecule has 20 heavy (non-hydrogen) atoms. The molecule has 3 rings (SSSR count). The molecular formula is C18H15I2-. The predicted octanol–water partition coefficient (Wildman–Crippen LogP) is 2.11. The Morgan fingerprint density at radius 2 is 0.700 bits per heavy atom. The van der Waals surface area contributed by atoms with Gasteiger partial charge in [-0.2, -0.15) is 0 Å². The summed E-state index contributed by atoms with van der Waals surface area (Å²) in [6.45, 7) is 0. The van der Waals surface area contributed by atoms with Crippen LogP contribution in [-0.4, -0.2) is 0 Å². The Labute approximate surface area is 133 Å². The van der Waals surface area contributed by atoms with Gasteiger partial charge in [0.2, 0.25) is 0 Å². The van der Waals surface area contributed by atoms with Gasteiger partial charge in [0, 0.05) is 0 Å². The molecule has 0 fully saturated rings. The van der Waals surface area contributed by atoms with Crippen LogP contribution in [0.15, 0.2) is 91.0 Å². The molecule has 102 valence electrons. The van der Waals surface area contributed by atoms with Crippen molar-refractivity contribution in [3.63, 3.8) is 0 Å². The van der Waals surface area contributed by atoms with Crippen LogP contribution >= 0.6 is 18.6 Å². The van der Waals surface area contributed by atoms with E-state index in [1.807, 2.05) is 0 Å². The van der Waals surface area contributed by atoms with Gasteiger partial charge in [-0.1, -0.05) is 0 Å². The van der Waals surface area contributed by atoms with Gasteiger partial charge in [0.15, 0.2) is 0 Å². The number of benzene rings is 3. The van der Waals surface area contributed by atoms with Crippen molar-refractivity contribution < 1.29 is 14.5 Å². The summed E-state index contributed by atoms with van der Waals surface area (Å²) < 4.78 is 4.45. The van der Waals surface area contributed by atoms with Gasteiger partial charge in [0.05, 0.1) is 0 Å². The molecule has 0 atom stereocenters. The van der Waals surface area contributed by atoms with Gasteiger partial charge in [-0.3, -0.25) is 0 Å². The van der Waals surface area contributed by atoms with Gasteiger partial charge in [-0.15, -0.1) is 0 Å². The molecule has 0 aliphatic carbocycles. The first-order valence-electron chi connectivity index (χ1n) is 6.44. The van der Waals surface area contributed by atoms with Crippen LogP contribution < -0.4 is 14.5 Å². The van der Waals surface area contributed by atoms with Gasteiger partial charge in [0.1, 0.15) is 0 Å². The fraction of sp³-hybridized carbons (Fsp3) is 0. The third kappa shape index (κ3) is 2.63. The van der Waals surface area contributed by atoms with Crippen LogP contribution in [0.25, 0.3) is 0 Å². The monoisotopic (exact) mass is 485 g/mol. The minimum absolute atomic E-state index is 1.48. The average molecular weight is 485 g/mol. The maximum atomic E-state index is 2.75. The van der Waals surface area contributed by atoms with Gasteiger partial charge in [0.25, 0.3) is 0 Å². The Bertz CT molecular complexity index is 567. The summed E-state index contributed by atoms with van der Waals surface area (Å²) in [5.41, 5.74) is 0. The summed E-state index contributed by atoms with van der Waals surface area (Å²) in [4.78, 5) is 0. The third-order valence-corrected chi connectivity index (χ3v) is 19.9. The second-order valence-electron chi connectivity index (χ2n) is 4.38. The Balaban J connectivity index is 2.24. The minimum atomic E-state index is -2.43. The normalized spacial score (nSPS) is 12.1. The standard InChI is InChI=1S/C18H15I2/c19-20(16-10-4-1-5-11-16,17-12-6-2-7-13-17)18-14-8-3-9-15-18/h1-15H/q-1. The van der Waals surface area contributed by atoms with E-state index in [2.05, 4.69) is 110 Å². The molecule has 0 N–H and O–H groups in total. The summed E-state index contributed by atoms with van der Waals surface area (Å²) in [6, 6.07) is 32.9. The van der Waals surface area contributed by atoms with E-state index in [9.17, 15) is 0 Å². The van der Waals surface area contributed by atoms with E-state index >= 15 is 0 Å². The Kier molecular flexibility index (Phi) is 4.41. The van der Waals surface area contributed by atoms with Crippen LogP contribution in [0, 0.1) is 10.7 Å². The van der Waals surface area contributed by atoms with Crippen LogP contribution in [0.5, 0.6) is 0 Å².